The van der Waals surface area contributed by atoms with Gasteiger partial charge in [-0.3, -0.25) is 4.79 Å². The standard InChI is InChI=1S/C19H24N2O5/c1-19(2,3)26-18(25)9-7-14-6-4-13(5-8-17(23)24)12-15(14)21-16(22)10-11-20/h4-9,12H,10-11,20H2,1-3H3,(H,21,22)(H,23,24). The maximum Gasteiger partial charge on any atom is 0.331 e. The number of esters is 1. The van der Waals surface area contributed by atoms with Crippen molar-refractivity contribution in [1.82, 2.24) is 0 Å². The van der Waals surface area contributed by atoms with Crippen LogP contribution in [0.4, 0.5) is 5.69 Å². The summed E-state index contributed by atoms with van der Waals surface area (Å²) in [5.41, 5.74) is 6.38. The third-order valence-corrected chi connectivity index (χ3v) is 2.95. The Balaban J connectivity index is 3.09. The zero-order chi connectivity index (χ0) is 19.7. The second-order valence-corrected chi connectivity index (χ2v) is 6.47. The lowest BCUT2D eigenvalue weighted by Gasteiger charge is -2.18. The molecule has 7 heteroatoms. The summed E-state index contributed by atoms with van der Waals surface area (Å²) in [6, 6.07) is 4.95. The monoisotopic (exact) mass is 360 g/mol. The number of ether oxygens (including phenoxy) is 1. The Morgan fingerprint density at radius 1 is 1.19 bits per heavy atom. The van der Waals surface area contributed by atoms with Gasteiger partial charge >= 0.3 is 11.9 Å². The van der Waals surface area contributed by atoms with Crippen LogP contribution in [0.25, 0.3) is 12.2 Å². The van der Waals surface area contributed by atoms with Crippen LogP contribution in [0.2, 0.25) is 0 Å². The molecule has 1 aromatic rings. The highest BCUT2D eigenvalue weighted by Gasteiger charge is 2.14. The molecule has 26 heavy (non-hydrogen) atoms. The lowest BCUT2D eigenvalue weighted by atomic mass is 10.1. The molecule has 140 valence electrons. The van der Waals surface area contributed by atoms with Crippen molar-refractivity contribution < 1.29 is 24.2 Å². The Kier molecular flexibility index (Phi) is 7.74. The Bertz CT molecular complexity index is 730. The molecule has 7 nitrogen and oxygen atoms in total. The van der Waals surface area contributed by atoms with Gasteiger partial charge < -0.3 is 20.9 Å². The van der Waals surface area contributed by atoms with E-state index in [-0.39, 0.29) is 18.9 Å². The van der Waals surface area contributed by atoms with E-state index in [9.17, 15) is 14.4 Å². The second kappa shape index (κ2) is 9.53. The summed E-state index contributed by atoms with van der Waals surface area (Å²) in [5.74, 6) is -1.86. The van der Waals surface area contributed by atoms with Crippen molar-refractivity contribution in [2.75, 3.05) is 11.9 Å². The molecule has 0 atom stereocenters. The van der Waals surface area contributed by atoms with E-state index < -0.39 is 17.5 Å². The fraction of sp³-hybridized carbons (Fsp3) is 0.316. The number of hydrogen-bond acceptors (Lipinski definition) is 5. The van der Waals surface area contributed by atoms with E-state index in [0.717, 1.165) is 6.08 Å². The quantitative estimate of drug-likeness (QED) is 0.507. The molecule has 0 aliphatic heterocycles. The first-order valence-electron chi connectivity index (χ1n) is 8.07. The number of carboxylic acid groups (broad SMARTS) is 1. The number of carboxylic acids is 1. The van der Waals surface area contributed by atoms with Crippen LogP contribution in [0.5, 0.6) is 0 Å². The number of rotatable bonds is 7. The predicted octanol–water partition coefficient (Wildman–Crippen LogP) is 2.43. The Labute approximate surface area is 152 Å². The Hall–Kier alpha value is -2.93. The van der Waals surface area contributed by atoms with E-state index in [1.807, 2.05) is 0 Å². The van der Waals surface area contributed by atoms with Crippen LogP contribution < -0.4 is 11.1 Å². The van der Waals surface area contributed by atoms with Gasteiger partial charge in [0.05, 0.1) is 0 Å². The van der Waals surface area contributed by atoms with E-state index in [2.05, 4.69) is 5.32 Å². The number of amides is 1. The van der Waals surface area contributed by atoms with Crippen LogP contribution in [0, 0.1) is 0 Å². The number of anilines is 1. The first kappa shape index (κ1) is 21.1. The topological polar surface area (TPSA) is 119 Å². The number of aliphatic carboxylic acids is 1. The van der Waals surface area contributed by atoms with Gasteiger partial charge in [0.2, 0.25) is 5.91 Å². The summed E-state index contributed by atoms with van der Waals surface area (Å²) >= 11 is 0. The van der Waals surface area contributed by atoms with Crippen molar-refractivity contribution in [1.29, 1.82) is 0 Å². The number of nitrogens with two attached hydrogens (primary N) is 1. The van der Waals surface area contributed by atoms with Crippen LogP contribution in [0.15, 0.2) is 30.4 Å². The second-order valence-electron chi connectivity index (χ2n) is 6.47. The van der Waals surface area contributed by atoms with E-state index in [1.165, 1.54) is 18.2 Å². The minimum atomic E-state index is -1.08. The van der Waals surface area contributed by atoms with Crippen molar-refractivity contribution in [2.24, 2.45) is 5.73 Å². The molecular weight excluding hydrogens is 336 g/mol. The number of nitrogens with one attached hydrogen (secondary N) is 1. The summed E-state index contributed by atoms with van der Waals surface area (Å²) in [6.07, 6.45) is 5.34. The predicted molar refractivity (Wildman–Crippen MR) is 100 cm³/mol. The molecule has 1 amide bonds. The molecule has 1 aromatic carbocycles. The van der Waals surface area contributed by atoms with Crippen molar-refractivity contribution in [2.45, 2.75) is 32.8 Å². The molecule has 0 saturated heterocycles. The SMILES string of the molecule is CC(C)(C)OC(=O)C=Cc1ccc(C=CC(=O)O)cc1NC(=O)CCN. The molecule has 0 bridgehead atoms. The largest absolute Gasteiger partial charge is 0.478 e. The minimum Gasteiger partial charge on any atom is -0.478 e. The number of carbonyl (C=O) groups is 3. The third kappa shape index (κ3) is 8.25. The first-order chi connectivity index (χ1) is 12.1. The Morgan fingerprint density at radius 2 is 1.88 bits per heavy atom. The van der Waals surface area contributed by atoms with Crippen LogP contribution in [0.1, 0.15) is 38.3 Å². The maximum absolute atomic E-state index is 11.8. The molecule has 0 fully saturated rings. The molecule has 0 radical (unpaired) electrons. The molecule has 0 aliphatic rings. The van der Waals surface area contributed by atoms with E-state index in [4.69, 9.17) is 15.6 Å². The van der Waals surface area contributed by atoms with E-state index in [0.29, 0.717) is 16.8 Å². The molecule has 0 unspecified atom stereocenters. The first-order valence-corrected chi connectivity index (χ1v) is 8.07. The highest BCUT2D eigenvalue weighted by molar-refractivity contribution is 5.95. The van der Waals surface area contributed by atoms with Gasteiger partial charge in [-0.1, -0.05) is 12.1 Å². The maximum atomic E-state index is 11.8. The van der Waals surface area contributed by atoms with Crippen molar-refractivity contribution in [3.8, 4) is 0 Å². The highest BCUT2D eigenvalue weighted by Crippen LogP contribution is 2.21. The van der Waals surface area contributed by atoms with Crippen LogP contribution in [-0.2, 0) is 19.1 Å². The third-order valence-electron chi connectivity index (χ3n) is 2.95. The number of hydrogen-bond donors (Lipinski definition) is 3. The molecule has 1 rings (SSSR count). The summed E-state index contributed by atoms with van der Waals surface area (Å²) in [7, 11) is 0. The zero-order valence-corrected chi connectivity index (χ0v) is 15.1. The van der Waals surface area contributed by atoms with Gasteiger partial charge in [0, 0.05) is 30.8 Å². The minimum absolute atomic E-state index is 0.143. The lowest BCUT2D eigenvalue weighted by Crippen LogP contribution is -2.22. The smallest absolute Gasteiger partial charge is 0.331 e. The number of carbonyl (C=O) groups excluding carboxylic acids is 2. The fourth-order valence-electron chi connectivity index (χ4n) is 1.94. The van der Waals surface area contributed by atoms with E-state index in [1.54, 1.807) is 39.0 Å². The van der Waals surface area contributed by atoms with Crippen LogP contribution in [-0.4, -0.2) is 35.1 Å². The van der Waals surface area contributed by atoms with Gasteiger partial charge in [-0.2, -0.15) is 0 Å². The van der Waals surface area contributed by atoms with Gasteiger partial charge in [0.1, 0.15) is 5.60 Å². The Morgan fingerprint density at radius 3 is 2.46 bits per heavy atom. The molecule has 0 aliphatic carbocycles. The molecule has 4 N–H and O–H groups in total. The highest BCUT2D eigenvalue weighted by atomic mass is 16.6. The fourth-order valence-corrected chi connectivity index (χ4v) is 1.94. The molecule has 0 heterocycles. The number of benzene rings is 1. The van der Waals surface area contributed by atoms with Crippen molar-refractivity contribution >= 4 is 35.7 Å². The normalized spacial score (nSPS) is 11.7. The van der Waals surface area contributed by atoms with Gasteiger partial charge in [-0.25, -0.2) is 9.59 Å². The van der Waals surface area contributed by atoms with Crippen LogP contribution >= 0.6 is 0 Å². The molecular formula is C19H24N2O5. The lowest BCUT2D eigenvalue weighted by molar-refractivity contribution is -0.148. The summed E-state index contributed by atoms with van der Waals surface area (Å²) in [5, 5.41) is 11.4. The average molecular weight is 360 g/mol. The van der Waals surface area contributed by atoms with E-state index >= 15 is 0 Å². The average Bonchev–Trinajstić information content (AvgIpc) is 2.50. The molecule has 0 saturated carbocycles. The van der Waals surface area contributed by atoms with Gasteiger partial charge in [0.25, 0.3) is 0 Å². The van der Waals surface area contributed by atoms with Crippen LogP contribution in [0.3, 0.4) is 0 Å². The zero-order valence-electron chi connectivity index (χ0n) is 15.1. The van der Waals surface area contributed by atoms with Gasteiger partial charge in [-0.15, -0.1) is 0 Å². The van der Waals surface area contributed by atoms with Gasteiger partial charge in [-0.05, 0) is 50.1 Å². The summed E-state index contributed by atoms with van der Waals surface area (Å²) < 4.78 is 5.20. The van der Waals surface area contributed by atoms with Crippen molar-refractivity contribution in [3.05, 3.63) is 41.5 Å². The van der Waals surface area contributed by atoms with Gasteiger partial charge in [0.15, 0.2) is 0 Å². The molecule has 0 aromatic heterocycles. The van der Waals surface area contributed by atoms with Crippen molar-refractivity contribution in [3.63, 3.8) is 0 Å². The summed E-state index contributed by atoms with van der Waals surface area (Å²) in [4.78, 5) is 34.3. The summed E-state index contributed by atoms with van der Waals surface area (Å²) in [6.45, 7) is 5.50. The molecule has 0 spiro atoms.